The second-order valence-electron chi connectivity index (χ2n) is 7.49. The van der Waals surface area contributed by atoms with Gasteiger partial charge in [-0.15, -0.1) is 16.9 Å². The molecule has 0 bridgehead atoms. The van der Waals surface area contributed by atoms with Crippen molar-refractivity contribution in [1.82, 2.24) is 35.1 Å². The Labute approximate surface area is 185 Å². The first-order chi connectivity index (χ1) is 15.1. The van der Waals surface area contributed by atoms with Gasteiger partial charge in [0.25, 0.3) is 0 Å². The summed E-state index contributed by atoms with van der Waals surface area (Å²) in [6, 6.07) is 18.5. The van der Waals surface area contributed by atoms with E-state index in [0.29, 0.717) is 24.6 Å². The average molecular weight is 436 g/mol. The van der Waals surface area contributed by atoms with Gasteiger partial charge in [-0.1, -0.05) is 42.5 Å². The van der Waals surface area contributed by atoms with E-state index in [1.807, 2.05) is 50.2 Å². The molecule has 0 saturated heterocycles. The molecule has 4 rings (SSSR count). The molecule has 0 aliphatic heterocycles. The summed E-state index contributed by atoms with van der Waals surface area (Å²) < 4.78 is 3.94. The largest absolute Gasteiger partial charge is 0.348 e. The molecule has 8 nitrogen and oxygen atoms in total. The summed E-state index contributed by atoms with van der Waals surface area (Å²) in [5.41, 5.74) is 3.18. The molecule has 1 amide bonds. The number of tetrazole rings is 1. The molecule has 0 spiro atoms. The lowest BCUT2D eigenvalue weighted by Crippen LogP contribution is -2.26. The van der Waals surface area contributed by atoms with E-state index in [1.54, 1.807) is 4.68 Å². The highest BCUT2D eigenvalue weighted by molar-refractivity contribution is 7.99. The number of hydrogen-bond acceptors (Lipinski definition) is 6. The summed E-state index contributed by atoms with van der Waals surface area (Å²) in [7, 11) is 0. The Hall–Kier alpha value is -3.20. The Morgan fingerprint density at radius 1 is 1.06 bits per heavy atom. The van der Waals surface area contributed by atoms with Crippen molar-refractivity contribution in [2.75, 3.05) is 5.75 Å². The molecule has 2 aromatic heterocycles. The summed E-state index contributed by atoms with van der Waals surface area (Å²) in [4.78, 5) is 17.2. The zero-order valence-corrected chi connectivity index (χ0v) is 18.4. The normalized spacial score (nSPS) is 11.3. The van der Waals surface area contributed by atoms with Crippen molar-refractivity contribution in [2.24, 2.45) is 0 Å². The summed E-state index contributed by atoms with van der Waals surface area (Å²) >= 11 is 1.50. The number of amides is 1. The van der Waals surface area contributed by atoms with Gasteiger partial charge >= 0.3 is 0 Å². The summed E-state index contributed by atoms with van der Waals surface area (Å²) in [6.45, 7) is 5.14. The lowest BCUT2D eigenvalue weighted by molar-refractivity contribution is -0.118. The minimum Gasteiger partial charge on any atom is -0.348 e. The molecule has 0 radical (unpaired) electrons. The zero-order valence-electron chi connectivity index (χ0n) is 17.6. The highest BCUT2D eigenvalue weighted by Gasteiger charge is 2.13. The molecule has 1 N–H and O–H groups in total. The summed E-state index contributed by atoms with van der Waals surface area (Å²) in [6.07, 6.45) is 0. The van der Waals surface area contributed by atoms with Crippen LogP contribution in [0.4, 0.5) is 0 Å². The lowest BCUT2D eigenvalue weighted by Gasteiger charge is -2.11. The zero-order chi connectivity index (χ0) is 21.6. The quantitative estimate of drug-likeness (QED) is 0.434. The van der Waals surface area contributed by atoms with Crippen molar-refractivity contribution < 1.29 is 4.79 Å². The van der Waals surface area contributed by atoms with E-state index < -0.39 is 0 Å². The van der Waals surface area contributed by atoms with E-state index in [1.165, 1.54) is 17.3 Å². The number of aromatic nitrogens is 6. The van der Waals surface area contributed by atoms with Gasteiger partial charge in [-0.05, 0) is 42.0 Å². The van der Waals surface area contributed by atoms with Gasteiger partial charge in [0.1, 0.15) is 5.82 Å². The molecule has 160 valence electrons. The van der Waals surface area contributed by atoms with Gasteiger partial charge < -0.3 is 9.88 Å². The van der Waals surface area contributed by atoms with Crippen LogP contribution >= 0.6 is 11.8 Å². The number of nitrogens with one attached hydrogen (secondary N) is 1. The van der Waals surface area contributed by atoms with Crippen LogP contribution in [-0.4, -0.2) is 41.4 Å². The van der Waals surface area contributed by atoms with Crippen LogP contribution in [0, 0.1) is 0 Å². The number of rotatable bonds is 9. The molecule has 0 saturated carbocycles. The van der Waals surface area contributed by atoms with Crippen molar-refractivity contribution in [3.05, 3.63) is 71.8 Å². The third-order valence-electron chi connectivity index (χ3n) is 4.88. The highest BCUT2D eigenvalue weighted by atomic mass is 32.2. The number of carbonyl (C=O) groups is 1. The van der Waals surface area contributed by atoms with E-state index in [4.69, 9.17) is 4.98 Å². The second kappa shape index (κ2) is 9.74. The van der Waals surface area contributed by atoms with Crippen LogP contribution in [0.25, 0.3) is 11.0 Å². The van der Waals surface area contributed by atoms with E-state index in [2.05, 4.69) is 43.6 Å². The van der Waals surface area contributed by atoms with E-state index in [0.717, 1.165) is 22.7 Å². The van der Waals surface area contributed by atoms with Crippen LogP contribution in [0.2, 0.25) is 0 Å². The maximum Gasteiger partial charge on any atom is 0.230 e. The predicted molar refractivity (Wildman–Crippen MR) is 121 cm³/mol. The van der Waals surface area contributed by atoms with Gasteiger partial charge in [0.2, 0.25) is 5.91 Å². The van der Waals surface area contributed by atoms with Crippen molar-refractivity contribution in [1.29, 1.82) is 0 Å². The van der Waals surface area contributed by atoms with E-state index >= 15 is 0 Å². The molecule has 0 aliphatic rings. The highest BCUT2D eigenvalue weighted by Crippen LogP contribution is 2.18. The predicted octanol–water partition coefficient (Wildman–Crippen LogP) is 3.20. The number of nitrogens with zero attached hydrogens (tertiary/aromatic N) is 6. The minimum absolute atomic E-state index is 0.0353. The average Bonchev–Trinajstić information content (AvgIpc) is 3.38. The smallest absolute Gasteiger partial charge is 0.230 e. The first-order valence-electron chi connectivity index (χ1n) is 10.2. The Morgan fingerprint density at radius 3 is 2.65 bits per heavy atom. The number of fused-ring (bicyclic) bond motifs is 1. The van der Waals surface area contributed by atoms with Crippen LogP contribution in [0.15, 0.2) is 54.6 Å². The molecule has 0 atom stereocenters. The van der Waals surface area contributed by atoms with E-state index in [9.17, 15) is 4.79 Å². The van der Waals surface area contributed by atoms with Crippen LogP contribution < -0.4 is 5.32 Å². The van der Waals surface area contributed by atoms with Crippen LogP contribution in [0.3, 0.4) is 0 Å². The molecule has 2 heterocycles. The van der Waals surface area contributed by atoms with Gasteiger partial charge in [0.05, 0.1) is 35.1 Å². The summed E-state index contributed by atoms with van der Waals surface area (Å²) in [5.74, 6) is 2.51. The van der Waals surface area contributed by atoms with Gasteiger partial charge in [-0.3, -0.25) is 4.79 Å². The van der Waals surface area contributed by atoms with Gasteiger partial charge in [-0.25, -0.2) is 9.67 Å². The fourth-order valence-corrected chi connectivity index (χ4v) is 4.14. The van der Waals surface area contributed by atoms with Crippen molar-refractivity contribution in [3.63, 3.8) is 0 Å². The van der Waals surface area contributed by atoms with Gasteiger partial charge in [0.15, 0.2) is 5.82 Å². The number of hydrogen-bond donors (Lipinski definition) is 1. The number of para-hydroxylation sites is 2. The van der Waals surface area contributed by atoms with Gasteiger partial charge in [-0.2, -0.15) is 0 Å². The third-order valence-corrected chi connectivity index (χ3v) is 5.80. The van der Waals surface area contributed by atoms with E-state index in [-0.39, 0.29) is 11.9 Å². The molecule has 9 heteroatoms. The fraction of sp³-hybridized carbons (Fsp3) is 0.318. The van der Waals surface area contributed by atoms with Crippen LogP contribution in [0.5, 0.6) is 0 Å². The van der Waals surface area contributed by atoms with Crippen molar-refractivity contribution >= 4 is 28.7 Å². The number of imidazole rings is 1. The Balaban J connectivity index is 1.38. The minimum atomic E-state index is -0.0353. The fourth-order valence-electron chi connectivity index (χ4n) is 3.37. The maximum atomic E-state index is 12.4. The molecule has 4 aromatic rings. The Kier molecular flexibility index (Phi) is 6.61. The van der Waals surface area contributed by atoms with Crippen molar-refractivity contribution in [2.45, 2.75) is 38.7 Å². The summed E-state index contributed by atoms with van der Waals surface area (Å²) in [5, 5.41) is 14.7. The first kappa shape index (κ1) is 21.0. The Morgan fingerprint density at radius 2 is 1.84 bits per heavy atom. The number of carbonyl (C=O) groups excluding carboxylic acids is 1. The topological polar surface area (TPSA) is 90.5 Å². The molecule has 0 fully saturated rings. The monoisotopic (exact) mass is 435 g/mol. The molecular formula is C22H25N7OS. The lowest BCUT2D eigenvalue weighted by atomic mass is 10.2. The van der Waals surface area contributed by atoms with Gasteiger partial charge in [0, 0.05) is 6.54 Å². The standard InChI is InChI=1S/C22H25N7OS/c1-16(2)29-21(25-26-27-29)14-31-15-22(30)23-12-20-24-18-10-6-7-11-19(18)28(20)13-17-8-4-3-5-9-17/h3-11,16H,12-15H2,1-2H3,(H,23,30). The molecular weight excluding hydrogens is 410 g/mol. The maximum absolute atomic E-state index is 12.4. The van der Waals surface area contributed by atoms with Crippen LogP contribution in [0.1, 0.15) is 37.1 Å². The molecule has 0 aliphatic carbocycles. The molecule has 0 unspecified atom stereocenters. The SMILES string of the molecule is CC(C)n1nnnc1CSCC(=O)NCc1nc2ccccc2n1Cc1ccccc1. The molecule has 31 heavy (non-hydrogen) atoms. The van der Waals surface area contributed by atoms with Crippen molar-refractivity contribution in [3.8, 4) is 0 Å². The number of thioether (sulfide) groups is 1. The Bertz CT molecular complexity index is 1150. The molecule has 2 aromatic carbocycles. The third kappa shape index (κ3) is 5.11. The number of benzene rings is 2. The second-order valence-corrected chi connectivity index (χ2v) is 8.48. The first-order valence-corrected chi connectivity index (χ1v) is 11.4. The van der Waals surface area contributed by atoms with Crippen LogP contribution in [-0.2, 0) is 23.6 Å².